The number of rotatable bonds is 3. The summed E-state index contributed by atoms with van der Waals surface area (Å²) in [5.41, 5.74) is 0.910. The van der Waals surface area contributed by atoms with E-state index in [-0.39, 0.29) is 16.4 Å². The quantitative estimate of drug-likeness (QED) is 0.907. The van der Waals surface area contributed by atoms with Crippen LogP contribution in [0.1, 0.15) is 10.5 Å². The standard InChI is InChI=1S/C13H11ClFN3O/c1-16-8-5-6-11(17-7-8)13(19)18-12-9(14)3-2-4-10(12)15/h2-7,16H,1H3,(H,18,19). The summed E-state index contributed by atoms with van der Waals surface area (Å²) >= 11 is 5.82. The molecule has 0 spiro atoms. The molecule has 0 aliphatic rings. The maximum atomic E-state index is 13.5. The van der Waals surface area contributed by atoms with E-state index in [1.807, 2.05) is 0 Å². The molecule has 1 aromatic carbocycles. The fourth-order valence-electron chi connectivity index (χ4n) is 1.47. The van der Waals surface area contributed by atoms with E-state index in [1.165, 1.54) is 30.5 Å². The summed E-state index contributed by atoms with van der Waals surface area (Å²) in [5, 5.41) is 5.43. The molecule has 98 valence electrons. The van der Waals surface area contributed by atoms with Crippen LogP contribution < -0.4 is 10.6 Å². The van der Waals surface area contributed by atoms with Gasteiger partial charge in [0, 0.05) is 7.05 Å². The first-order chi connectivity index (χ1) is 9.11. The van der Waals surface area contributed by atoms with E-state index >= 15 is 0 Å². The van der Waals surface area contributed by atoms with Gasteiger partial charge in [-0.1, -0.05) is 17.7 Å². The highest BCUT2D eigenvalue weighted by atomic mass is 35.5. The predicted octanol–water partition coefficient (Wildman–Crippen LogP) is 3.17. The molecule has 2 rings (SSSR count). The van der Waals surface area contributed by atoms with E-state index in [1.54, 1.807) is 13.1 Å². The van der Waals surface area contributed by atoms with Gasteiger partial charge in [0.05, 0.1) is 22.6 Å². The minimum atomic E-state index is -0.590. The lowest BCUT2D eigenvalue weighted by molar-refractivity contribution is 0.102. The zero-order valence-corrected chi connectivity index (χ0v) is 10.8. The van der Waals surface area contributed by atoms with Gasteiger partial charge in [-0.15, -0.1) is 0 Å². The van der Waals surface area contributed by atoms with Gasteiger partial charge in [0.1, 0.15) is 11.5 Å². The lowest BCUT2D eigenvalue weighted by Gasteiger charge is -2.08. The van der Waals surface area contributed by atoms with Crippen LogP contribution in [0.3, 0.4) is 0 Å². The molecule has 0 bridgehead atoms. The van der Waals surface area contributed by atoms with Crippen LogP contribution in [0, 0.1) is 5.82 Å². The van der Waals surface area contributed by atoms with Crippen molar-refractivity contribution in [3.8, 4) is 0 Å². The Morgan fingerprint density at radius 3 is 2.68 bits per heavy atom. The van der Waals surface area contributed by atoms with Gasteiger partial charge in [0.2, 0.25) is 0 Å². The maximum absolute atomic E-state index is 13.5. The fourth-order valence-corrected chi connectivity index (χ4v) is 1.68. The SMILES string of the molecule is CNc1ccc(C(=O)Nc2c(F)cccc2Cl)nc1. The molecule has 0 saturated carbocycles. The van der Waals surface area contributed by atoms with Crippen molar-refractivity contribution < 1.29 is 9.18 Å². The van der Waals surface area contributed by atoms with Crippen LogP contribution in [0.2, 0.25) is 5.02 Å². The highest BCUT2D eigenvalue weighted by Crippen LogP contribution is 2.25. The number of anilines is 2. The van der Waals surface area contributed by atoms with Gasteiger partial charge in [-0.05, 0) is 24.3 Å². The molecule has 0 fully saturated rings. The Morgan fingerprint density at radius 2 is 2.11 bits per heavy atom. The normalized spacial score (nSPS) is 10.1. The van der Waals surface area contributed by atoms with Gasteiger partial charge < -0.3 is 10.6 Å². The maximum Gasteiger partial charge on any atom is 0.274 e. The van der Waals surface area contributed by atoms with Crippen LogP contribution in [0.15, 0.2) is 36.5 Å². The first-order valence-corrected chi connectivity index (χ1v) is 5.89. The number of carbonyl (C=O) groups excluding carboxylic acids is 1. The molecular weight excluding hydrogens is 269 g/mol. The number of aromatic nitrogens is 1. The number of para-hydroxylation sites is 1. The van der Waals surface area contributed by atoms with Gasteiger partial charge in [-0.3, -0.25) is 4.79 Å². The summed E-state index contributed by atoms with van der Waals surface area (Å²) in [6.45, 7) is 0. The van der Waals surface area contributed by atoms with E-state index in [9.17, 15) is 9.18 Å². The lowest BCUT2D eigenvalue weighted by Crippen LogP contribution is -2.15. The van der Waals surface area contributed by atoms with Crippen molar-refractivity contribution in [3.05, 3.63) is 53.1 Å². The number of nitrogens with one attached hydrogen (secondary N) is 2. The Kier molecular flexibility index (Phi) is 3.97. The number of benzene rings is 1. The van der Waals surface area contributed by atoms with Crippen molar-refractivity contribution >= 4 is 28.9 Å². The molecule has 0 aliphatic heterocycles. The molecule has 19 heavy (non-hydrogen) atoms. The number of carbonyl (C=O) groups is 1. The minimum Gasteiger partial charge on any atom is -0.387 e. The molecule has 2 N–H and O–H groups in total. The van der Waals surface area contributed by atoms with Gasteiger partial charge in [0.25, 0.3) is 5.91 Å². The number of halogens is 2. The molecule has 1 amide bonds. The van der Waals surface area contributed by atoms with Crippen molar-refractivity contribution in [2.75, 3.05) is 17.7 Å². The number of amides is 1. The number of hydrogen-bond donors (Lipinski definition) is 2. The van der Waals surface area contributed by atoms with Crippen molar-refractivity contribution in [1.82, 2.24) is 4.98 Å². The zero-order chi connectivity index (χ0) is 13.8. The summed E-state index contributed by atoms with van der Waals surface area (Å²) in [5.74, 6) is -1.11. The van der Waals surface area contributed by atoms with Crippen LogP contribution in [-0.4, -0.2) is 17.9 Å². The summed E-state index contributed by atoms with van der Waals surface area (Å²) in [6.07, 6.45) is 1.51. The highest BCUT2D eigenvalue weighted by molar-refractivity contribution is 6.33. The molecule has 0 aliphatic carbocycles. The van der Waals surface area contributed by atoms with Crippen LogP contribution in [0.25, 0.3) is 0 Å². The van der Waals surface area contributed by atoms with Crippen molar-refractivity contribution in [2.45, 2.75) is 0 Å². The second kappa shape index (κ2) is 5.67. The van der Waals surface area contributed by atoms with Gasteiger partial charge in [-0.2, -0.15) is 0 Å². The Hall–Kier alpha value is -2.14. The molecule has 0 unspecified atom stereocenters. The van der Waals surface area contributed by atoms with Crippen LogP contribution >= 0.6 is 11.6 Å². The van der Waals surface area contributed by atoms with Crippen LogP contribution in [0.5, 0.6) is 0 Å². The van der Waals surface area contributed by atoms with E-state index in [0.717, 1.165) is 5.69 Å². The van der Waals surface area contributed by atoms with E-state index in [2.05, 4.69) is 15.6 Å². The molecule has 0 radical (unpaired) electrons. The van der Waals surface area contributed by atoms with Crippen molar-refractivity contribution in [2.24, 2.45) is 0 Å². The molecule has 1 aromatic heterocycles. The first-order valence-electron chi connectivity index (χ1n) is 5.51. The second-order valence-electron chi connectivity index (χ2n) is 3.73. The third kappa shape index (κ3) is 3.00. The van der Waals surface area contributed by atoms with Crippen LogP contribution in [0.4, 0.5) is 15.8 Å². The average molecular weight is 280 g/mol. The zero-order valence-electron chi connectivity index (χ0n) is 10.1. The van der Waals surface area contributed by atoms with Crippen molar-refractivity contribution in [3.63, 3.8) is 0 Å². The first kappa shape index (κ1) is 13.3. The third-order valence-corrected chi connectivity index (χ3v) is 2.80. The summed E-state index contributed by atoms with van der Waals surface area (Å²) in [6, 6.07) is 7.42. The monoisotopic (exact) mass is 279 g/mol. The Labute approximate surface area is 114 Å². The van der Waals surface area contributed by atoms with Gasteiger partial charge >= 0.3 is 0 Å². The number of hydrogen-bond acceptors (Lipinski definition) is 3. The second-order valence-corrected chi connectivity index (χ2v) is 4.14. The fraction of sp³-hybridized carbons (Fsp3) is 0.0769. The summed E-state index contributed by atoms with van der Waals surface area (Å²) in [4.78, 5) is 15.9. The Balaban J connectivity index is 2.20. The molecule has 0 saturated heterocycles. The van der Waals surface area contributed by atoms with E-state index < -0.39 is 11.7 Å². The number of pyridine rings is 1. The molecule has 4 nitrogen and oxygen atoms in total. The Bertz CT molecular complexity index is 581. The molecule has 0 atom stereocenters. The smallest absolute Gasteiger partial charge is 0.274 e. The third-order valence-electron chi connectivity index (χ3n) is 2.49. The lowest BCUT2D eigenvalue weighted by atomic mass is 10.2. The summed E-state index contributed by atoms with van der Waals surface area (Å²) in [7, 11) is 1.75. The van der Waals surface area contributed by atoms with E-state index in [4.69, 9.17) is 11.6 Å². The Morgan fingerprint density at radius 1 is 1.32 bits per heavy atom. The average Bonchev–Trinajstić information content (AvgIpc) is 2.43. The topological polar surface area (TPSA) is 54.0 Å². The number of nitrogens with zero attached hydrogens (tertiary/aromatic N) is 1. The predicted molar refractivity (Wildman–Crippen MR) is 73.1 cm³/mol. The molecule has 6 heteroatoms. The van der Waals surface area contributed by atoms with Gasteiger partial charge in [-0.25, -0.2) is 9.37 Å². The highest BCUT2D eigenvalue weighted by Gasteiger charge is 2.13. The molecule has 2 aromatic rings. The minimum absolute atomic E-state index is 0.0475. The van der Waals surface area contributed by atoms with Crippen LogP contribution in [-0.2, 0) is 0 Å². The van der Waals surface area contributed by atoms with Crippen molar-refractivity contribution in [1.29, 1.82) is 0 Å². The summed E-state index contributed by atoms with van der Waals surface area (Å²) < 4.78 is 13.5. The molecule has 1 heterocycles. The van der Waals surface area contributed by atoms with E-state index in [0.29, 0.717) is 0 Å². The molecular formula is C13H11ClFN3O. The largest absolute Gasteiger partial charge is 0.387 e. The van der Waals surface area contributed by atoms with Gasteiger partial charge in [0.15, 0.2) is 0 Å².